The van der Waals surface area contributed by atoms with Gasteiger partial charge in [-0.3, -0.25) is 4.90 Å². The number of anilines is 2. The third kappa shape index (κ3) is 4.88. The van der Waals surface area contributed by atoms with Gasteiger partial charge in [0.1, 0.15) is 30.6 Å². The summed E-state index contributed by atoms with van der Waals surface area (Å²) >= 11 is 0.839. The van der Waals surface area contributed by atoms with Crippen LogP contribution in [0.25, 0.3) is 32.2 Å². The van der Waals surface area contributed by atoms with Crippen molar-refractivity contribution in [3.8, 4) is 17.1 Å². The van der Waals surface area contributed by atoms with Crippen molar-refractivity contribution in [2.24, 2.45) is 0 Å². The second-order valence-electron chi connectivity index (χ2n) is 11.8. The molecule has 15 heteroatoms. The summed E-state index contributed by atoms with van der Waals surface area (Å²) in [5.74, 6) is -0.584. The Morgan fingerprint density at radius 3 is 2.73 bits per heavy atom. The zero-order valence-corrected chi connectivity index (χ0v) is 24.4. The van der Waals surface area contributed by atoms with Gasteiger partial charge < -0.3 is 20.7 Å². The number of alkyl halides is 5. The number of halogens is 6. The number of ether oxygens (including phenoxy) is 1. The first-order chi connectivity index (χ1) is 20.9. The first-order valence-electron chi connectivity index (χ1n) is 14.3. The molecule has 3 aliphatic rings. The molecule has 44 heavy (non-hydrogen) atoms. The second-order valence-corrected chi connectivity index (χ2v) is 12.8. The maximum atomic E-state index is 14.9. The van der Waals surface area contributed by atoms with E-state index in [0.29, 0.717) is 13.0 Å². The fourth-order valence-corrected chi connectivity index (χ4v) is 7.72. The molecule has 0 unspecified atom stereocenters. The molecule has 0 bridgehead atoms. The highest BCUT2D eigenvalue weighted by Crippen LogP contribution is 2.45. The third-order valence-corrected chi connectivity index (χ3v) is 9.97. The molecule has 3 fully saturated rings. The van der Waals surface area contributed by atoms with Gasteiger partial charge in [-0.1, -0.05) is 11.3 Å². The molecule has 2 aromatic heterocycles. The maximum absolute atomic E-state index is 14.9. The summed E-state index contributed by atoms with van der Waals surface area (Å²) in [5.41, 5.74) is 4.14. The van der Waals surface area contributed by atoms with E-state index < -0.39 is 41.5 Å². The lowest BCUT2D eigenvalue weighted by Gasteiger charge is -2.31. The molecule has 234 valence electrons. The fourth-order valence-electron chi connectivity index (χ4n) is 6.96. The van der Waals surface area contributed by atoms with Crippen LogP contribution in [0.3, 0.4) is 0 Å². The molecule has 2 aromatic carbocycles. The van der Waals surface area contributed by atoms with Crippen LogP contribution in [0.1, 0.15) is 24.8 Å². The highest BCUT2D eigenvalue weighted by molar-refractivity contribution is 7.22. The molecule has 3 aliphatic heterocycles. The molecule has 0 amide bonds. The lowest BCUT2D eigenvalue weighted by Crippen LogP contribution is -2.43. The summed E-state index contributed by atoms with van der Waals surface area (Å²) in [6, 6.07) is 3.68. The Morgan fingerprint density at radius 1 is 1.16 bits per heavy atom. The van der Waals surface area contributed by atoms with Crippen LogP contribution >= 0.6 is 11.3 Å². The van der Waals surface area contributed by atoms with E-state index in [1.54, 1.807) is 7.05 Å². The molecule has 5 heterocycles. The predicted octanol–water partition coefficient (Wildman–Crippen LogP) is 5.35. The second kappa shape index (κ2) is 10.6. The van der Waals surface area contributed by atoms with Gasteiger partial charge in [0.25, 0.3) is 0 Å². The van der Waals surface area contributed by atoms with E-state index in [0.717, 1.165) is 42.9 Å². The third-order valence-electron chi connectivity index (χ3n) is 9.07. The molecular weight excluding hydrogens is 608 g/mol. The zero-order chi connectivity index (χ0) is 31.0. The van der Waals surface area contributed by atoms with Gasteiger partial charge in [0, 0.05) is 44.1 Å². The van der Waals surface area contributed by atoms with Gasteiger partial charge in [-0.15, -0.1) is 0 Å². The van der Waals surface area contributed by atoms with Crippen LogP contribution in [0.5, 0.6) is 6.01 Å². The van der Waals surface area contributed by atoms with Crippen molar-refractivity contribution in [2.75, 3.05) is 50.5 Å². The van der Waals surface area contributed by atoms with Crippen LogP contribution in [0, 0.1) is 5.82 Å². The number of nitrogens with one attached hydrogen (secondary N) is 1. The zero-order valence-electron chi connectivity index (χ0n) is 23.6. The minimum Gasteiger partial charge on any atom is -0.461 e. The van der Waals surface area contributed by atoms with Crippen molar-refractivity contribution >= 4 is 43.4 Å². The molecule has 4 atom stereocenters. The maximum Gasteiger partial charge on any atom is 0.417 e. The average molecular weight is 638 g/mol. The summed E-state index contributed by atoms with van der Waals surface area (Å²) < 4.78 is 93.9. The summed E-state index contributed by atoms with van der Waals surface area (Å²) in [5, 5.41) is 3.01. The quantitative estimate of drug-likeness (QED) is 0.274. The first kappa shape index (κ1) is 29.3. The highest BCUT2D eigenvalue weighted by atomic mass is 32.1. The van der Waals surface area contributed by atoms with Crippen LogP contribution in [-0.2, 0) is 6.18 Å². The minimum absolute atomic E-state index is 0.0000398. The van der Waals surface area contributed by atoms with E-state index in [-0.39, 0.29) is 68.9 Å². The van der Waals surface area contributed by atoms with Crippen LogP contribution in [0.15, 0.2) is 24.3 Å². The van der Waals surface area contributed by atoms with Gasteiger partial charge in [-0.05, 0) is 49.2 Å². The van der Waals surface area contributed by atoms with Gasteiger partial charge in [0.15, 0.2) is 5.13 Å². The number of hydrogen-bond donors (Lipinski definition) is 2. The molecule has 8 nitrogen and oxygen atoms in total. The number of benzene rings is 2. The Morgan fingerprint density at radius 2 is 1.98 bits per heavy atom. The SMILES string of the molecule is CN(c1nc(OC[C@@]23CCCN2C[C@H](F)C3)nc2cc(-c3ccc(F)c4sc(N)nc34)c(C(F)(F)F)cc12)[C@H]1CNC[C@@H]1F. The molecular formula is C29H29F6N7OS. The summed E-state index contributed by atoms with van der Waals surface area (Å²) in [6.45, 7) is 1.53. The Labute approximate surface area is 252 Å². The van der Waals surface area contributed by atoms with E-state index in [9.17, 15) is 26.3 Å². The number of nitrogens with two attached hydrogens (primary N) is 1. The average Bonchev–Trinajstić information content (AvgIpc) is 3.73. The minimum atomic E-state index is -4.83. The molecule has 3 N–H and O–H groups in total. The molecule has 0 radical (unpaired) electrons. The van der Waals surface area contributed by atoms with Crippen molar-refractivity contribution in [2.45, 2.75) is 49.4 Å². The van der Waals surface area contributed by atoms with Gasteiger partial charge in [0.05, 0.1) is 32.9 Å². The van der Waals surface area contributed by atoms with Crippen molar-refractivity contribution in [3.63, 3.8) is 0 Å². The van der Waals surface area contributed by atoms with E-state index in [1.165, 1.54) is 17.0 Å². The Kier molecular flexibility index (Phi) is 7.05. The predicted molar refractivity (Wildman–Crippen MR) is 156 cm³/mol. The van der Waals surface area contributed by atoms with Gasteiger partial charge in [-0.2, -0.15) is 23.1 Å². The topological polar surface area (TPSA) is 92.4 Å². The monoisotopic (exact) mass is 637 g/mol. The number of nitrogen functional groups attached to an aromatic ring is 1. The van der Waals surface area contributed by atoms with Crippen LogP contribution in [0.4, 0.5) is 37.3 Å². The van der Waals surface area contributed by atoms with Crippen LogP contribution < -0.4 is 20.7 Å². The molecule has 7 rings (SSSR count). The van der Waals surface area contributed by atoms with Crippen molar-refractivity contribution in [3.05, 3.63) is 35.6 Å². The molecule has 0 aliphatic carbocycles. The van der Waals surface area contributed by atoms with Gasteiger partial charge >= 0.3 is 12.2 Å². The summed E-state index contributed by atoms with van der Waals surface area (Å²) in [6.07, 6.45) is -5.16. The Hall–Kier alpha value is -3.43. The molecule has 0 saturated carbocycles. The standard InChI is InChI=1S/C29H29F6N7OS/c1-41(22-11-37-10-20(22)32)25-17-7-18(29(33,34)35)16(15-3-4-19(31)24-23(15)39-26(36)44-24)8-21(17)38-27(40-25)43-13-28-5-2-6-42(28)12-14(30)9-28/h3-4,7-8,14,20,22,37H,2,5-6,9-13H2,1H3,(H2,36,39)/t14-,20+,22+,28+/m1/s1. The fraction of sp³-hybridized carbons (Fsp3) is 0.483. The first-order valence-corrected chi connectivity index (χ1v) is 15.1. The summed E-state index contributed by atoms with van der Waals surface area (Å²) in [7, 11) is 1.57. The number of aromatic nitrogens is 3. The Balaban J connectivity index is 1.40. The van der Waals surface area contributed by atoms with Crippen LogP contribution in [0.2, 0.25) is 0 Å². The number of fused-ring (bicyclic) bond motifs is 3. The molecule has 0 spiro atoms. The van der Waals surface area contributed by atoms with Gasteiger partial charge in [-0.25, -0.2) is 18.2 Å². The lowest BCUT2D eigenvalue weighted by atomic mass is 9.95. The number of thiazole rings is 1. The van der Waals surface area contributed by atoms with E-state index in [2.05, 4.69) is 25.2 Å². The number of likely N-dealkylation sites (N-methyl/N-ethyl adjacent to an activating group) is 1. The smallest absolute Gasteiger partial charge is 0.417 e. The molecule has 4 aromatic rings. The van der Waals surface area contributed by atoms with Gasteiger partial charge in [0.2, 0.25) is 0 Å². The Bertz CT molecular complexity index is 1750. The van der Waals surface area contributed by atoms with Crippen molar-refractivity contribution < 1.29 is 31.1 Å². The summed E-state index contributed by atoms with van der Waals surface area (Å²) in [4.78, 5) is 16.7. The highest BCUT2D eigenvalue weighted by Gasteiger charge is 2.49. The van der Waals surface area contributed by atoms with Crippen molar-refractivity contribution in [1.82, 2.24) is 25.2 Å². The number of nitrogens with zero attached hydrogens (tertiary/aromatic N) is 5. The number of hydrogen-bond acceptors (Lipinski definition) is 9. The molecule has 3 saturated heterocycles. The van der Waals surface area contributed by atoms with E-state index in [4.69, 9.17) is 10.5 Å². The normalized spacial score (nSPS) is 25.8. The van der Waals surface area contributed by atoms with Crippen molar-refractivity contribution in [1.29, 1.82) is 0 Å². The number of rotatable bonds is 6. The lowest BCUT2D eigenvalue weighted by molar-refractivity contribution is -0.137. The van der Waals surface area contributed by atoms with Crippen LogP contribution in [-0.4, -0.2) is 83.6 Å². The van der Waals surface area contributed by atoms with E-state index >= 15 is 0 Å². The largest absolute Gasteiger partial charge is 0.461 e. The van der Waals surface area contributed by atoms with E-state index in [1.807, 2.05) is 0 Å².